The fourth-order valence-electron chi connectivity index (χ4n) is 2.90. The molecule has 2 N–H and O–H groups in total. The summed E-state index contributed by atoms with van der Waals surface area (Å²) in [6.45, 7) is 7.90. The normalized spacial score (nSPS) is 16.9. The van der Waals surface area contributed by atoms with Crippen LogP contribution in [0.15, 0.2) is 18.2 Å². The van der Waals surface area contributed by atoms with Crippen LogP contribution in [0.25, 0.3) is 0 Å². The van der Waals surface area contributed by atoms with Gasteiger partial charge in [-0.15, -0.1) is 0 Å². The molecule has 25 heavy (non-hydrogen) atoms. The predicted molar refractivity (Wildman–Crippen MR) is 95.4 cm³/mol. The molecule has 0 aliphatic carbocycles. The first-order valence-electron chi connectivity index (χ1n) is 8.68. The molecule has 0 saturated carbocycles. The van der Waals surface area contributed by atoms with Crippen LogP contribution in [0.2, 0.25) is 0 Å². The van der Waals surface area contributed by atoms with Gasteiger partial charge in [0.25, 0.3) is 5.91 Å². The van der Waals surface area contributed by atoms with Gasteiger partial charge in [0.2, 0.25) is 5.91 Å². The van der Waals surface area contributed by atoms with Gasteiger partial charge < -0.3 is 15.4 Å². The molecule has 1 atom stereocenters. The molecule has 1 fully saturated rings. The second kappa shape index (κ2) is 8.14. The fraction of sp³-hybridized carbons (Fsp3) is 0.526. The largest absolute Gasteiger partial charge is 0.454 e. The van der Waals surface area contributed by atoms with Crippen LogP contribution in [-0.4, -0.2) is 30.4 Å². The van der Waals surface area contributed by atoms with Crippen LogP contribution in [0.3, 0.4) is 0 Å². The molecule has 1 aliphatic rings. The molecule has 1 saturated heterocycles. The van der Waals surface area contributed by atoms with E-state index in [4.69, 9.17) is 4.74 Å². The Balaban J connectivity index is 2.02. The van der Waals surface area contributed by atoms with Crippen molar-refractivity contribution >= 4 is 23.5 Å². The summed E-state index contributed by atoms with van der Waals surface area (Å²) in [6, 6.07) is 5.33. The van der Waals surface area contributed by atoms with Crippen molar-refractivity contribution in [1.82, 2.24) is 5.32 Å². The van der Waals surface area contributed by atoms with Crippen LogP contribution in [0.4, 0.5) is 5.69 Å². The van der Waals surface area contributed by atoms with Gasteiger partial charge in [0.15, 0.2) is 6.61 Å². The van der Waals surface area contributed by atoms with E-state index in [1.165, 1.54) is 0 Å². The quantitative estimate of drug-likeness (QED) is 0.776. The Bertz CT molecular complexity index is 641. The number of carbonyl (C=O) groups excluding carboxylic acids is 3. The first kappa shape index (κ1) is 19.0. The summed E-state index contributed by atoms with van der Waals surface area (Å²) in [5.41, 5.74) is 2.89. The number of hydrogen-bond acceptors (Lipinski definition) is 4. The van der Waals surface area contributed by atoms with Gasteiger partial charge in [-0.05, 0) is 29.4 Å². The van der Waals surface area contributed by atoms with Gasteiger partial charge in [0.05, 0.1) is 0 Å². The molecular weight excluding hydrogens is 320 g/mol. The highest BCUT2D eigenvalue weighted by Crippen LogP contribution is 2.32. The summed E-state index contributed by atoms with van der Waals surface area (Å²) in [5, 5.41) is 5.42. The SMILES string of the molecule is CC(C)c1cccc(C(C)C)c1NC(=O)COC(=O)[C@@H]1CCC(=O)N1. The van der Waals surface area contributed by atoms with Gasteiger partial charge in [-0.3, -0.25) is 9.59 Å². The maximum absolute atomic E-state index is 12.3. The Labute approximate surface area is 148 Å². The van der Waals surface area contributed by atoms with Gasteiger partial charge in [-0.25, -0.2) is 4.79 Å². The number of amides is 2. The lowest BCUT2D eigenvalue weighted by Crippen LogP contribution is -2.36. The van der Waals surface area contributed by atoms with Crippen molar-refractivity contribution in [1.29, 1.82) is 0 Å². The third-order valence-corrected chi connectivity index (χ3v) is 4.26. The number of nitrogens with one attached hydrogen (secondary N) is 2. The summed E-state index contributed by atoms with van der Waals surface area (Å²) < 4.78 is 5.04. The maximum Gasteiger partial charge on any atom is 0.329 e. The molecule has 2 rings (SSSR count). The van der Waals surface area contributed by atoms with E-state index in [0.717, 1.165) is 16.8 Å². The molecule has 2 amide bonds. The minimum Gasteiger partial charge on any atom is -0.454 e. The van der Waals surface area contributed by atoms with Crippen LogP contribution in [0.5, 0.6) is 0 Å². The molecule has 1 aromatic rings. The molecule has 1 aliphatic heterocycles. The van der Waals surface area contributed by atoms with Crippen molar-refractivity contribution in [3.63, 3.8) is 0 Å². The smallest absolute Gasteiger partial charge is 0.329 e. The zero-order chi connectivity index (χ0) is 18.6. The number of hydrogen-bond donors (Lipinski definition) is 2. The molecular formula is C19H26N2O4. The average Bonchev–Trinajstić information content (AvgIpc) is 2.99. The molecule has 0 spiro atoms. The van der Waals surface area contributed by atoms with Crippen LogP contribution >= 0.6 is 0 Å². The van der Waals surface area contributed by atoms with Crippen LogP contribution in [-0.2, 0) is 19.1 Å². The topological polar surface area (TPSA) is 84.5 Å². The number of rotatable bonds is 6. The van der Waals surface area contributed by atoms with E-state index < -0.39 is 12.0 Å². The minimum atomic E-state index is -0.644. The Morgan fingerprint density at radius 2 is 1.80 bits per heavy atom. The van der Waals surface area contributed by atoms with Crippen molar-refractivity contribution < 1.29 is 19.1 Å². The lowest BCUT2D eigenvalue weighted by atomic mass is 9.92. The highest BCUT2D eigenvalue weighted by Gasteiger charge is 2.29. The molecule has 6 heteroatoms. The van der Waals surface area contributed by atoms with Crippen molar-refractivity contribution in [2.24, 2.45) is 0 Å². The van der Waals surface area contributed by atoms with E-state index >= 15 is 0 Å². The Morgan fingerprint density at radius 1 is 1.20 bits per heavy atom. The Morgan fingerprint density at radius 3 is 2.28 bits per heavy atom. The van der Waals surface area contributed by atoms with Crippen LogP contribution in [0, 0.1) is 0 Å². The predicted octanol–water partition coefficient (Wildman–Crippen LogP) is 2.69. The third-order valence-electron chi connectivity index (χ3n) is 4.26. The average molecular weight is 346 g/mol. The second-order valence-corrected chi connectivity index (χ2v) is 6.94. The van der Waals surface area contributed by atoms with E-state index in [0.29, 0.717) is 12.8 Å². The van der Waals surface area contributed by atoms with Gasteiger partial charge >= 0.3 is 5.97 Å². The number of anilines is 1. The molecule has 1 aromatic carbocycles. The van der Waals surface area contributed by atoms with Crippen molar-refractivity contribution in [3.8, 4) is 0 Å². The fourth-order valence-corrected chi connectivity index (χ4v) is 2.90. The first-order valence-corrected chi connectivity index (χ1v) is 8.68. The summed E-state index contributed by atoms with van der Waals surface area (Å²) in [6.07, 6.45) is 0.721. The lowest BCUT2D eigenvalue weighted by Gasteiger charge is -2.20. The molecule has 136 valence electrons. The van der Waals surface area contributed by atoms with Crippen molar-refractivity contribution in [2.75, 3.05) is 11.9 Å². The van der Waals surface area contributed by atoms with Crippen molar-refractivity contribution in [3.05, 3.63) is 29.3 Å². The summed E-state index contributed by atoms with van der Waals surface area (Å²) >= 11 is 0. The lowest BCUT2D eigenvalue weighted by molar-refractivity contribution is -0.149. The van der Waals surface area contributed by atoms with E-state index in [2.05, 4.69) is 38.3 Å². The highest BCUT2D eigenvalue weighted by molar-refractivity contribution is 5.95. The Hall–Kier alpha value is -2.37. The monoisotopic (exact) mass is 346 g/mol. The highest BCUT2D eigenvalue weighted by atomic mass is 16.5. The molecule has 0 bridgehead atoms. The van der Waals surface area contributed by atoms with Crippen LogP contribution < -0.4 is 10.6 Å². The van der Waals surface area contributed by atoms with Gasteiger partial charge in [-0.1, -0.05) is 45.9 Å². The standard InChI is InChI=1S/C19H26N2O4/c1-11(2)13-6-5-7-14(12(3)4)18(13)21-17(23)10-25-19(24)15-8-9-16(22)20-15/h5-7,11-12,15H,8-10H2,1-4H3,(H,20,22)(H,21,23)/t15-/m0/s1. The first-order chi connectivity index (χ1) is 11.8. The number of benzene rings is 1. The third kappa shape index (κ3) is 4.81. The van der Waals surface area contributed by atoms with Crippen LogP contribution in [0.1, 0.15) is 63.5 Å². The molecule has 0 radical (unpaired) electrons. The van der Waals surface area contributed by atoms with Gasteiger partial charge in [0.1, 0.15) is 6.04 Å². The summed E-state index contributed by atoms with van der Waals surface area (Å²) in [7, 11) is 0. The van der Waals surface area contributed by atoms with E-state index in [-0.39, 0.29) is 30.3 Å². The molecule has 0 aromatic heterocycles. The zero-order valence-corrected chi connectivity index (χ0v) is 15.2. The number of ether oxygens (including phenoxy) is 1. The number of para-hydroxylation sites is 1. The minimum absolute atomic E-state index is 0.168. The van der Waals surface area contributed by atoms with E-state index in [1.54, 1.807) is 0 Å². The van der Waals surface area contributed by atoms with E-state index in [1.807, 2.05) is 18.2 Å². The zero-order valence-electron chi connectivity index (χ0n) is 15.2. The Kier molecular flexibility index (Phi) is 6.17. The second-order valence-electron chi connectivity index (χ2n) is 6.94. The van der Waals surface area contributed by atoms with Gasteiger partial charge in [-0.2, -0.15) is 0 Å². The maximum atomic E-state index is 12.3. The molecule has 0 unspecified atom stereocenters. The van der Waals surface area contributed by atoms with Gasteiger partial charge in [0, 0.05) is 12.1 Å². The van der Waals surface area contributed by atoms with E-state index in [9.17, 15) is 14.4 Å². The summed E-state index contributed by atoms with van der Waals surface area (Å²) in [4.78, 5) is 35.3. The van der Waals surface area contributed by atoms with Crippen molar-refractivity contribution in [2.45, 2.75) is 58.4 Å². The number of esters is 1. The molecule has 6 nitrogen and oxygen atoms in total. The summed E-state index contributed by atoms with van der Waals surface area (Å²) in [5.74, 6) is -0.607. The molecule has 1 heterocycles. The number of carbonyl (C=O) groups is 3.